The third-order valence-electron chi connectivity index (χ3n) is 5.34. The molecule has 3 heterocycles. The fraction of sp³-hybridized carbons (Fsp3) is 0.273. The Hall–Kier alpha value is -2.95. The first-order chi connectivity index (χ1) is 13.2. The van der Waals surface area contributed by atoms with Gasteiger partial charge in [0.15, 0.2) is 0 Å². The summed E-state index contributed by atoms with van der Waals surface area (Å²) < 4.78 is 14.3. The summed E-state index contributed by atoms with van der Waals surface area (Å²) in [5, 5.41) is 0. The molecule has 0 unspecified atom stereocenters. The monoisotopic (exact) mass is 362 g/mol. The van der Waals surface area contributed by atoms with E-state index in [0.717, 1.165) is 37.3 Å². The number of nitrogens with zero attached hydrogens (tertiary/aromatic N) is 3. The van der Waals surface area contributed by atoms with Crippen LogP contribution in [-0.2, 0) is 0 Å². The van der Waals surface area contributed by atoms with Crippen molar-refractivity contribution in [1.29, 1.82) is 0 Å². The molecule has 0 saturated carbocycles. The maximum absolute atomic E-state index is 14.3. The molecule has 0 aliphatic carbocycles. The Morgan fingerprint density at radius 2 is 1.56 bits per heavy atom. The molecule has 4 nitrogen and oxygen atoms in total. The predicted molar refractivity (Wildman–Crippen MR) is 106 cm³/mol. The lowest BCUT2D eigenvalue weighted by Gasteiger charge is -2.37. The third kappa shape index (κ3) is 3.77. The molecule has 1 aromatic carbocycles. The van der Waals surface area contributed by atoms with Gasteiger partial charge in [0.05, 0.1) is 5.69 Å². The van der Waals surface area contributed by atoms with E-state index in [2.05, 4.69) is 27.0 Å². The van der Waals surface area contributed by atoms with Crippen LogP contribution in [0, 0.1) is 11.7 Å². The summed E-state index contributed by atoms with van der Waals surface area (Å²) in [6, 6.07) is 17.0. The van der Waals surface area contributed by atoms with Crippen molar-refractivity contribution in [3.8, 4) is 0 Å². The molecule has 5 heteroatoms. The summed E-state index contributed by atoms with van der Waals surface area (Å²) in [6.07, 6.45) is 5.59. The number of pyridine rings is 2. The first kappa shape index (κ1) is 17.5. The Kier molecular flexibility index (Phi) is 5.01. The number of piperidine rings is 1. The Balaban J connectivity index is 1.55. The van der Waals surface area contributed by atoms with Gasteiger partial charge in [-0.05, 0) is 61.2 Å². The van der Waals surface area contributed by atoms with Gasteiger partial charge in [-0.1, -0.05) is 12.1 Å². The van der Waals surface area contributed by atoms with Crippen LogP contribution in [-0.4, -0.2) is 23.1 Å². The molecule has 27 heavy (non-hydrogen) atoms. The zero-order chi connectivity index (χ0) is 18.6. The molecule has 4 rings (SSSR count). The van der Waals surface area contributed by atoms with E-state index >= 15 is 0 Å². The molecule has 3 aromatic rings. The maximum Gasteiger partial charge on any atom is 0.148 e. The summed E-state index contributed by atoms with van der Waals surface area (Å²) in [6.45, 7) is 1.61. The van der Waals surface area contributed by atoms with Gasteiger partial charge < -0.3 is 10.6 Å². The van der Waals surface area contributed by atoms with E-state index in [1.54, 1.807) is 12.1 Å². The molecule has 1 aliphatic rings. The predicted octanol–water partition coefficient (Wildman–Crippen LogP) is 4.25. The number of hydrogen-bond acceptors (Lipinski definition) is 4. The molecule has 0 spiro atoms. The Bertz CT molecular complexity index is 838. The highest BCUT2D eigenvalue weighted by Crippen LogP contribution is 2.37. The topological polar surface area (TPSA) is 55.0 Å². The number of rotatable bonds is 4. The average Bonchev–Trinajstić information content (AvgIpc) is 2.71. The fourth-order valence-electron chi connectivity index (χ4n) is 4.01. The lowest BCUT2D eigenvalue weighted by Crippen LogP contribution is -2.36. The maximum atomic E-state index is 14.3. The van der Waals surface area contributed by atoms with E-state index in [1.165, 1.54) is 6.07 Å². The van der Waals surface area contributed by atoms with E-state index < -0.39 is 0 Å². The van der Waals surface area contributed by atoms with Gasteiger partial charge >= 0.3 is 0 Å². The van der Waals surface area contributed by atoms with Crippen molar-refractivity contribution in [2.75, 3.05) is 23.7 Å². The zero-order valence-electron chi connectivity index (χ0n) is 15.1. The van der Waals surface area contributed by atoms with Crippen molar-refractivity contribution in [3.05, 3.63) is 84.2 Å². The van der Waals surface area contributed by atoms with Gasteiger partial charge in [-0.2, -0.15) is 0 Å². The van der Waals surface area contributed by atoms with Gasteiger partial charge in [0, 0.05) is 48.5 Å². The first-order valence-electron chi connectivity index (χ1n) is 9.34. The first-order valence-corrected chi connectivity index (χ1v) is 9.34. The second kappa shape index (κ2) is 7.74. The van der Waals surface area contributed by atoms with Crippen LogP contribution in [0.3, 0.4) is 0 Å². The Morgan fingerprint density at radius 3 is 2.07 bits per heavy atom. The van der Waals surface area contributed by atoms with Crippen LogP contribution in [0.1, 0.15) is 30.1 Å². The molecular formula is C22H23FN4. The van der Waals surface area contributed by atoms with Crippen molar-refractivity contribution in [2.24, 2.45) is 5.92 Å². The van der Waals surface area contributed by atoms with E-state index in [1.807, 2.05) is 36.7 Å². The van der Waals surface area contributed by atoms with E-state index in [0.29, 0.717) is 17.3 Å². The summed E-state index contributed by atoms with van der Waals surface area (Å²) in [5.41, 5.74) is 8.86. The van der Waals surface area contributed by atoms with Crippen molar-refractivity contribution in [3.63, 3.8) is 0 Å². The Labute approximate surface area is 158 Å². The van der Waals surface area contributed by atoms with Gasteiger partial charge in [0.25, 0.3) is 0 Å². The van der Waals surface area contributed by atoms with Crippen LogP contribution >= 0.6 is 0 Å². The molecule has 1 saturated heterocycles. The summed E-state index contributed by atoms with van der Waals surface area (Å²) in [7, 11) is 0. The van der Waals surface area contributed by atoms with E-state index in [-0.39, 0.29) is 11.7 Å². The van der Waals surface area contributed by atoms with Crippen molar-refractivity contribution in [2.45, 2.75) is 18.8 Å². The highest BCUT2D eigenvalue weighted by atomic mass is 19.1. The number of nitrogens with two attached hydrogens (primary N) is 1. The smallest absolute Gasteiger partial charge is 0.148 e. The van der Waals surface area contributed by atoms with Crippen LogP contribution in [0.25, 0.3) is 0 Å². The number of benzene rings is 1. The largest absolute Gasteiger partial charge is 0.399 e. The normalized spacial score (nSPS) is 15.3. The number of anilines is 2. The van der Waals surface area contributed by atoms with Crippen molar-refractivity contribution in [1.82, 2.24) is 9.97 Å². The van der Waals surface area contributed by atoms with Gasteiger partial charge in [0.2, 0.25) is 0 Å². The number of nitrogen functional groups attached to an aromatic ring is 1. The minimum absolute atomic E-state index is 0.158. The van der Waals surface area contributed by atoms with Crippen molar-refractivity contribution < 1.29 is 4.39 Å². The lowest BCUT2D eigenvalue weighted by molar-refractivity contribution is 0.359. The van der Waals surface area contributed by atoms with E-state index in [9.17, 15) is 4.39 Å². The van der Waals surface area contributed by atoms with Crippen LogP contribution in [0.5, 0.6) is 0 Å². The van der Waals surface area contributed by atoms with Crippen LogP contribution < -0.4 is 10.6 Å². The average molecular weight is 362 g/mol. The molecule has 1 aliphatic heterocycles. The summed E-state index contributed by atoms with van der Waals surface area (Å²) in [5.74, 6) is 0.327. The zero-order valence-corrected chi connectivity index (χ0v) is 15.1. The SMILES string of the molecule is Nc1ccc(N2CCC(C(c3ccccn3)c3ccccn3)CC2)c(F)c1. The molecule has 0 atom stereocenters. The van der Waals surface area contributed by atoms with Gasteiger partial charge in [-0.25, -0.2) is 4.39 Å². The van der Waals surface area contributed by atoms with Crippen LogP contribution in [0.15, 0.2) is 67.0 Å². The molecule has 138 valence electrons. The lowest BCUT2D eigenvalue weighted by atomic mass is 9.79. The van der Waals surface area contributed by atoms with Gasteiger partial charge in [0.1, 0.15) is 5.82 Å². The second-order valence-corrected chi connectivity index (χ2v) is 7.02. The molecule has 0 amide bonds. The fourth-order valence-corrected chi connectivity index (χ4v) is 4.01. The quantitative estimate of drug-likeness (QED) is 0.705. The standard InChI is InChI=1S/C22H23FN4/c23-18-15-17(24)7-8-21(18)27-13-9-16(10-14-27)22(19-5-1-3-11-25-19)20-6-2-4-12-26-20/h1-8,11-12,15-16,22H,9-10,13-14,24H2. The molecule has 2 N–H and O–H groups in total. The minimum Gasteiger partial charge on any atom is -0.399 e. The van der Waals surface area contributed by atoms with Crippen LogP contribution in [0.2, 0.25) is 0 Å². The molecule has 1 fully saturated rings. The number of aromatic nitrogens is 2. The second-order valence-electron chi connectivity index (χ2n) is 7.02. The molecule has 0 bridgehead atoms. The minimum atomic E-state index is -0.251. The number of hydrogen-bond donors (Lipinski definition) is 1. The number of halogens is 1. The molecule has 0 radical (unpaired) electrons. The molecular weight excluding hydrogens is 339 g/mol. The summed E-state index contributed by atoms with van der Waals surface area (Å²) in [4.78, 5) is 11.3. The van der Waals surface area contributed by atoms with Crippen molar-refractivity contribution >= 4 is 11.4 Å². The highest BCUT2D eigenvalue weighted by Gasteiger charge is 2.31. The summed E-state index contributed by atoms with van der Waals surface area (Å²) >= 11 is 0. The van der Waals surface area contributed by atoms with Crippen LogP contribution in [0.4, 0.5) is 15.8 Å². The van der Waals surface area contributed by atoms with Gasteiger partial charge in [-0.3, -0.25) is 9.97 Å². The Morgan fingerprint density at radius 1 is 0.926 bits per heavy atom. The highest BCUT2D eigenvalue weighted by molar-refractivity contribution is 5.54. The third-order valence-corrected chi connectivity index (χ3v) is 5.34. The molecule has 2 aromatic heterocycles. The van der Waals surface area contributed by atoms with E-state index in [4.69, 9.17) is 5.73 Å². The van der Waals surface area contributed by atoms with Gasteiger partial charge in [-0.15, -0.1) is 0 Å².